The molecular weight excluding hydrogens is 458 g/mol. The Hall–Kier alpha value is -3.57. The predicted molar refractivity (Wildman–Crippen MR) is 139 cm³/mol. The van der Waals surface area contributed by atoms with Crippen LogP contribution in [-0.4, -0.2) is 26.5 Å². The Morgan fingerprint density at radius 2 is 1.69 bits per heavy atom. The smallest absolute Gasteiger partial charge is 0.273 e. The normalized spacial score (nSPS) is 15.4. The van der Waals surface area contributed by atoms with Crippen LogP contribution in [0.4, 0.5) is 0 Å². The summed E-state index contributed by atoms with van der Waals surface area (Å²) in [5.74, 6) is 0.703. The average molecular weight is 486 g/mol. The van der Waals surface area contributed by atoms with Gasteiger partial charge in [-0.05, 0) is 51.5 Å². The minimum atomic E-state index is -0.384. The Morgan fingerprint density at radius 3 is 2.34 bits per heavy atom. The number of hydrogen-bond donors (Lipinski definition) is 1. The molecule has 1 aromatic heterocycles. The zero-order valence-electron chi connectivity index (χ0n) is 20.3. The van der Waals surface area contributed by atoms with Crippen LogP contribution in [0.25, 0.3) is 11.3 Å². The quantitative estimate of drug-likeness (QED) is 0.332. The number of halogens is 1. The Bertz CT molecular complexity index is 1370. The van der Waals surface area contributed by atoms with Gasteiger partial charge in [0, 0.05) is 27.3 Å². The number of ether oxygens (including phenoxy) is 1. The monoisotopic (exact) mass is 485 g/mol. The van der Waals surface area contributed by atoms with Crippen LogP contribution in [0.2, 0.25) is 5.02 Å². The molecule has 1 atom stereocenters. The van der Waals surface area contributed by atoms with Crippen LogP contribution in [0.5, 0.6) is 5.75 Å². The number of nitrogens with one attached hydrogen (secondary N) is 1. The van der Waals surface area contributed by atoms with Crippen molar-refractivity contribution in [3.63, 3.8) is 0 Å². The highest BCUT2D eigenvalue weighted by molar-refractivity contribution is 6.31. The second-order valence-corrected chi connectivity index (χ2v) is 10.3. The molecule has 1 aliphatic rings. The zero-order valence-corrected chi connectivity index (χ0v) is 21.1. The third-order valence-electron chi connectivity index (χ3n) is 6.36. The number of carbonyl (C=O) groups excluding carboxylic acids is 1. The molecule has 4 aromatic rings. The van der Waals surface area contributed by atoms with E-state index in [0.717, 1.165) is 33.7 Å². The van der Waals surface area contributed by atoms with Crippen molar-refractivity contribution in [1.29, 1.82) is 0 Å². The van der Waals surface area contributed by atoms with Gasteiger partial charge in [-0.2, -0.15) is 5.10 Å². The van der Waals surface area contributed by atoms with E-state index in [1.54, 1.807) is 0 Å². The van der Waals surface area contributed by atoms with Gasteiger partial charge in [-0.25, -0.2) is 0 Å². The maximum atomic E-state index is 13.5. The number of aromatic amines is 1. The topological polar surface area (TPSA) is 58.2 Å². The minimum absolute atomic E-state index is 0.0394. The molecular formula is C29H28ClN3O2. The van der Waals surface area contributed by atoms with Crippen LogP contribution >= 0.6 is 11.6 Å². The van der Waals surface area contributed by atoms with Gasteiger partial charge >= 0.3 is 0 Å². The Labute approximate surface area is 210 Å². The van der Waals surface area contributed by atoms with Crippen molar-refractivity contribution in [1.82, 2.24) is 15.1 Å². The Balaban J connectivity index is 1.50. The van der Waals surface area contributed by atoms with Crippen LogP contribution in [-0.2, 0) is 6.61 Å². The first-order valence-corrected chi connectivity index (χ1v) is 12.1. The summed E-state index contributed by atoms with van der Waals surface area (Å²) in [7, 11) is 0. The van der Waals surface area contributed by atoms with Crippen molar-refractivity contribution in [2.75, 3.05) is 0 Å². The number of carbonyl (C=O) groups is 1. The molecule has 0 spiro atoms. The van der Waals surface area contributed by atoms with Crippen LogP contribution in [0.1, 0.15) is 59.6 Å². The number of benzene rings is 3. The third-order valence-corrected chi connectivity index (χ3v) is 6.73. The van der Waals surface area contributed by atoms with Crippen LogP contribution in [0, 0.1) is 6.92 Å². The number of H-pyrrole nitrogens is 1. The molecule has 1 unspecified atom stereocenters. The molecule has 0 fully saturated rings. The van der Waals surface area contributed by atoms with Crippen molar-refractivity contribution in [3.05, 3.63) is 106 Å². The standard InChI is InChI=1S/C29H28ClN3O2/c1-18-9-11-19(12-10-18)25-24-26(32-31-25)28(34)33(29(2,3)4)27(24)20-13-15-22(16-14-20)35-17-21-7-5-6-8-23(21)30/h5-16,27H,17H2,1-4H3,(H,31,32). The van der Waals surface area contributed by atoms with Crippen molar-refractivity contribution in [3.8, 4) is 17.0 Å². The Morgan fingerprint density at radius 1 is 1.00 bits per heavy atom. The van der Waals surface area contributed by atoms with Crippen molar-refractivity contribution < 1.29 is 9.53 Å². The van der Waals surface area contributed by atoms with Gasteiger partial charge in [0.05, 0.1) is 11.7 Å². The number of aryl methyl sites for hydroxylation is 1. The molecule has 2 heterocycles. The van der Waals surface area contributed by atoms with Crippen molar-refractivity contribution in [2.24, 2.45) is 0 Å². The molecule has 0 radical (unpaired) electrons. The van der Waals surface area contributed by atoms with Gasteiger partial charge < -0.3 is 9.64 Å². The number of fused-ring (bicyclic) bond motifs is 1. The van der Waals surface area contributed by atoms with E-state index in [-0.39, 0.29) is 17.5 Å². The van der Waals surface area contributed by atoms with Gasteiger partial charge in [-0.15, -0.1) is 0 Å². The summed E-state index contributed by atoms with van der Waals surface area (Å²) in [4.78, 5) is 15.4. The van der Waals surface area contributed by atoms with Gasteiger partial charge in [-0.1, -0.05) is 71.8 Å². The highest BCUT2D eigenvalue weighted by Gasteiger charge is 2.46. The molecule has 5 rings (SSSR count). The van der Waals surface area contributed by atoms with Gasteiger partial charge in [0.25, 0.3) is 5.91 Å². The molecule has 0 saturated carbocycles. The summed E-state index contributed by atoms with van der Waals surface area (Å²) in [6, 6.07) is 23.6. The van der Waals surface area contributed by atoms with E-state index in [0.29, 0.717) is 17.3 Å². The molecule has 6 heteroatoms. The lowest BCUT2D eigenvalue weighted by Gasteiger charge is -2.37. The van der Waals surface area contributed by atoms with E-state index in [9.17, 15) is 4.79 Å². The predicted octanol–water partition coefficient (Wildman–Crippen LogP) is 6.96. The van der Waals surface area contributed by atoms with E-state index in [1.807, 2.05) is 53.4 Å². The van der Waals surface area contributed by atoms with Crippen molar-refractivity contribution in [2.45, 2.75) is 45.9 Å². The van der Waals surface area contributed by atoms with Gasteiger partial charge in [-0.3, -0.25) is 9.89 Å². The van der Waals surface area contributed by atoms with E-state index >= 15 is 0 Å². The molecule has 0 bridgehead atoms. The van der Waals surface area contributed by atoms with E-state index in [2.05, 4.69) is 62.2 Å². The molecule has 0 aliphatic carbocycles. The lowest BCUT2D eigenvalue weighted by Crippen LogP contribution is -2.44. The zero-order chi connectivity index (χ0) is 24.7. The summed E-state index contributed by atoms with van der Waals surface area (Å²) in [6.45, 7) is 8.62. The highest BCUT2D eigenvalue weighted by Crippen LogP contribution is 2.46. The van der Waals surface area contributed by atoms with Gasteiger partial charge in [0.2, 0.25) is 0 Å². The molecule has 178 valence electrons. The molecule has 1 N–H and O–H groups in total. The summed E-state index contributed by atoms with van der Waals surface area (Å²) < 4.78 is 5.98. The number of amides is 1. The van der Waals surface area contributed by atoms with E-state index in [1.165, 1.54) is 5.56 Å². The van der Waals surface area contributed by atoms with Crippen LogP contribution in [0.15, 0.2) is 72.8 Å². The fourth-order valence-electron chi connectivity index (χ4n) is 4.61. The average Bonchev–Trinajstić information content (AvgIpc) is 3.38. The lowest BCUT2D eigenvalue weighted by molar-refractivity contribution is 0.0546. The highest BCUT2D eigenvalue weighted by atomic mass is 35.5. The maximum Gasteiger partial charge on any atom is 0.273 e. The fraction of sp³-hybridized carbons (Fsp3) is 0.241. The SMILES string of the molecule is Cc1ccc(-c2n[nH]c3c2C(c2ccc(OCc4ccccc4Cl)cc2)N(C(C)(C)C)C3=O)cc1. The van der Waals surface area contributed by atoms with Gasteiger partial charge in [0.15, 0.2) is 0 Å². The lowest BCUT2D eigenvalue weighted by atomic mass is 9.93. The summed E-state index contributed by atoms with van der Waals surface area (Å²) in [5.41, 5.74) is 6.00. The maximum absolute atomic E-state index is 13.5. The molecule has 5 nitrogen and oxygen atoms in total. The first-order chi connectivity index (χ1) is 16.7. The number of aromatic nitrogens is 2. The summed E-state index contributed by atoms with van der Waals surface area (Å²) >= 11 is 6.26. The first-order valence-electron chi connectivity index (χ1n) is 11.7. The summed E-state index contributed by atoms with van der Waals surface area (Å²) in [6.07, 6.45) is 0. The fourth-order valence-corrected chi connectivity index (χ4v) is 4.80. The molecule has 1 amide bonds. The molecule has 3 aromatic carbocycles. The van der Waals surface area contributed by atoms with E-state index in [4.69, 9.17) is 16.3 Å². The largest absolute Gasteiger partial charge is 0.489 e. The number of rotatable bonds is 5. The van der Waals surface area contributed by atoms with E-state index < -0.39 is 0 Å². The summed E-state index contributed by atoms with van der Waals surface area (Å²) in [5, 5.41) is 8.27. The third kappa shape index (κ3) is 4.32. The number of nitrogens with zero attached hydrogens (tertiary/aromatic N) is 2. The van der Waals surface area contributed by atoms with Crippen LogP contribution < -0.4 is 4.74 Å². The number of hydrogen-bond acceptors (Lipinski definition) is 3. The second kappa shape index (κ2) is 8.90. The molecule has 35 heavy (non-hydrogen) atoms. The van der Waals surface area contributed by atoms with Crippen LogP contribution in [0.3, 0.4) is 0 Å². The first kappa shape index (κ1) is 23.2. The molecule has 0 saturated heterocycles. The minimum Gasteiger partial charge on any atom is -0.489 e. The van der Waals surface area contributed by atoms with Gasteiger partial charge in [0.1, 0.15) is 18.1 Å². The molecule has 1 aliphatic heterocycles. The second-order valence-electron chi connectivity index (χ2n) is 9.92. The Kier molecular flexibility index (Phi) is 5.89. The van der Waals surface area contributed by atoms with Crippen molar-refractivity contribution >= 4 is 17.5 Å².